The van der Waals surface area contributed by atoms with Gasteiger partial charge in [-0.2, -0.15) is 0 Å². The summed E-state index contributed by atoms with van der Waals surface area (Å²) in [6.07, 6.45) is 0. The highest BCUT2D eigenvalue weighted by atomic mass is 79.9. The highest BCUT2D eigenvalue weighted by Crippen LogP contribution is 2.39. The van der Waals surface area contributed by atoms with Gasteiger partial charge in [0, 0.05) is 30.3 Å². The Hall–Kier alpha value is -1.88. The minimum atomic E-state index is 0.732. The van der Waals surface area contributed by atoms with Crippen molar-refractivity contribution in [2.24, 2.45) is 0 Å². The molecule has 0 bridgehead atoms. The van der Waals surface area contributed by atoms with Gasteiger partial charge in [-0.05, 0) is 66.9 Å². The first-order valence-corrected chi connectivity index (χ1v) is 10.0. The fourth-order valence-electron chi connectivity index (χ4n) is 3.49. The summed E-state index contributed by atoms with van der Waals surface area (Å²) in [5, 5.41) is 5.24. The molecular weight excluding hydrogens is 476 g/mol. The molecule has 0 saturated carbocycles. The van der Waals surface area contributed by atoms with Crippen LogP contribution in [0.5, 0.6) is 0 Å². The van der Waals surface area contributed by atoms with Crippen molar-refractivity contribution in [1.82, 2.24) is 9.97 Å². The van der Waals surface area contributed by atoms with Crippen LogP contribution in [0.4, 0.5) is 0 Å². The van der Waals surface area contributed by atoms with E-state index in [1.165, 1.54) is 0 Å². The predicted molar refractivity (Wildman–Crippen MR) is 117 cm³/mol. The number of aromatic amines is 1. The standard InChI is InChI=1S/C21H11Br2ClN2/c22-16-6-3-7-17(23)18(16)21-25-19-13-5-2-1-4-12(13)15-10-11(24)8-9-14(15)20(19)26-21/h1-10H,(H,25,26). The van der Waals surface area contributed by atoms with Gasteiger partial charge in [0.1, 0.15) is 5.82 Å². The van der Waals surface area contributed by atoms with Gasteiger partial charge in [-0.3, -0.25) is 0 Å². The van der Waals surface area contributed by atoms with Crippen LogP contribution in [0, 0.1) is 0 Å². The van der Waals surface area contributed by atoms with Crippen LogP contribution < -0.4 is 0 Å². The van der Waals surface area contributed by atoms with Crippen molar-refractivity contribution >= 4 is 76.0 Å². The number of halogens is 3. The number of hydrogen-bond donors (Lipinski definition) is 1. The van der Waals surface area contributed by atoms with Crippen molar-refractivity contribution in [3.63, 3.8) is 0 Å². The van der Waals surface area contributed by atoms with Crippen molar-refractivity contribution in [3.8, 4) is 11.4 Å². The molecule has 0 unspecified atom stereocenters. The van der Waals surface area contributed by atoms with Crippen LogP contribution in [0.2, 0.25) is 5.02 Å². The number of imidazole rings is 1. The van der Waals surface area contributed by atoms with Crippen LogP contribution in [0.1, 0.15) is 0 Å². The topological polar surface area (TPSA) is 28.7 Å². The van der Waals surface area contributed by atoms with E-state index in [9.17, 15) is 0 Å². The van der Waals surface area contributed by atoms with Gasteiger partial charge in [-0.25, -0.2) is 4.98 Å². The van der Waals surface area contributed by atoms with Crippen molar-refractivity contribution in [3.05, 3.63) is 74.6 Å². The third-order valence-electron chi connectivity index (χ3n) is 4.63. The first kappa shape index (κ1) is 16.3. The van der Waals surface area contributed by atoms with Gasteiger partial charge in [0.2, 0.25) is 0 Å². The second-order valence-electron chi connectivity index (χ2n) is 6.14. The maximum Gasteiger partial charge on any atom is 0.140 e. The molecule has 1 heterocycles. The van der Waals surface area contributed by atoms with Gasteiger partial charge in [0.05, 0.1) is 11.0 Å². The van der Waals surface area contributed by atoms with E-state index < -0.39 is 0 Å². The number of fused-ring (bicyclic) bond motifs is 6. The van der Waals surface area contributed by atoms with Crippen LogP contribution in [-0.2, 0) is 0 Å². The third-order valence-corrected chi connectivity index (χ3v) is 6.18. The summed E-state index contributed by atoms with van der Waals surface area (Å²) in [5.74, 6) is 0.826. The molecule has 0 atom stereocenters. The fraction of sp³-hybridized carbons (Fsp3) is 0. The van der Waals surface area contributed by atoms with E-state index in [-0.39, 0.29) is 0 Å². The lowest BCUT2D eigenvalue weighted by molar-refractivity contribution is 1.32. The van der Waals surface area contributed by atoms with Gasteiger partial charge in [-0.15, -0.1) is 0 Å². The van der Waals surface area contributed by atoms with Crippen molar-refractivity contribution in [1.29, 1.82) is 0 Å². The highest BCUT2D eigenvalue weighted by molar-refractivity contribution is 9.11. The van der Waals surface area contributed by atoms with Crippen LogP contribution in [0.15, 0.2) is 69.6 Å². The lowest BCUT2D eigenvalue weighted by Gasteiger charge is -2.06. The molecule has 0 aliphatic rings. The third kappa shape index (κ3) is 2.40. The molecule has 1 aromatic heterocycles. The zero-order valence-electron chi connectivity index (χ0n) is 13.4. The van der Waals surface area contributed by atoms with Crippen LogP contribution in [0.3, 0.4) is 0 Å². The Morgan fingerprint density at radius 2 is 1.50 bits per heavy atom. The predicted octanol–water partition coefficient (Wildman–Crippen LogP) is 7.71. The smallest absolute Gasteiger partial charge is 0.140 e. The molecule has 0 radical (unpaired) electrons. The number of aromatic nitrogens is 2. The second kappa shape index (κ2) is 6.08. The number of benzene rings is 4. The Kier molecular flexibility index (Phi) is 3.82. The minimum Gasteiger partial charge on any atom is -0.337 e. The lowest BCUT2D eigenvalue weighted by Crippen LogP contribution is -1.84. The summed E-state index contributed by atoms with van der Waals surface area (Å²) in [4.78, 5) is 8.49. The van der Waals surface area contributed by atoms with Gasteiger partial charge < -0.3 is 4.98 Å². The van der Waals surface area contributed by atoms with E-state index in [4.69, 9.17) is 16.6 Å². The monoisotopic (exact) mass is 484 g/mol. The largest absolute Gasteiger partial charge is 0.337 e. The molecule has 5 aromatic rings. The maximum absolute atomic E-state index is 6.27. The molecule has 5 heteroatoms. The first-order chi connectivity index (χ1) is 12.6. The summed E-state index contributed by atoms with van der Waals surface area (Å²) < 4.78 is 1.98. The van der Waals surface area contributed by atoms with Gasteiger partial charge >= 0.3 is 0 Å². The maximum atomic E-state index is 6.27. The van der Waals surface area contributed by atoms with Crippen molar-refractivity contribution < 1.29 is 0 Å². The molecule has 5 rings (SSSR count). The normalized spacial score (nSPS) is 11.7. The van der Waals surface area contributed by atoms with Crippen LogP contribution in [0.25, 0.3) is 44.0 Å². The summed E-state index contributed by atoms with van der Waals surface area (Å²) in [6, 6.07) is 20.4. The number of rotatable bonds is 1. The average molecular weight is 487 g/mol. The number of H-pyrrole nitrogens is 1. The van der Waals surface area contributed by atoms with Crippen molar-refractivity contribution in [2.45, 2.75) is 0 Å². The van der Waals surface area contributed by atoms with E-state index >= 15 is 0 Å². The fourth-order valence-corrected chi connectivity index (χ4v) is 5.03. The van der Waals surface area contributed by atoms with E-state index in [0.29, 0.717) is 0 Å². The number of nitrogens with zero attached hydrogens (tertiary/aromatic N) is 1. The number of nitrogens with one attached hydrogen (secondary N) is 1. The first-order valence-electron chi connectivity index (χ1n) is 8.07. The Balaban J connectivity index is 1.98. The average Bonchev–Trinajstić information content (AvgIpc) is 3.07. The Bertz CT molecular complexity index is 1300. The second-order valence-corrected chi connectivity index (χ2v) is 8.29. The Labute approximate surface area is 171 Å². The van der Waals surface area contributed by atoms with Crippen LogP contribution in [-0.4, -0.2) is 9.97 Å². The molecular formula is C21H11Br2ClN2. The van der Waals surface area contributed by atoms with Crippen LogP contribution >= 0.6 is 43.5 Å². The SMILES string of the molecule is Clc1ccc2c(c1)c1ccccc1c1nc(-c3c(Br)cccc3Br)[nH]c21. The van der Waals surface area contributed by atoms with E-state index in [1.807, 2.05) is 42.5 Å². The summed E-state index contributed by atoms with van der Waals surface area (Å²) in [5.41, 5.74) is 3.00. The molecule has 0 aliphatic heterocycles. The zero-order chi connectivity index (χ0) is 17.8. The molecule has 0 amide bonds. The van der Waals surface area contributed by atoms with E-state index in [2.05, 4.69) is 55.0 Å². The Morgan fingerprint density at radius 3 is 2.27 bits per heavy atom. The summed E-state index contributed by atoms with van der Waals surface area (Å²) in [7, 11) is 0. The summed E-state index contributed by atoms with van der Waals surface area (Å²) >= 11 is 13.6. The molecule has 0 fully saturated rings. The Morgan fingerprint density at radius 1 is 0.769 bits per heavy atom. The molecule has 1 N–H and O–H groups in total. The van der Waals surface area contributed by atoms with Gasteiger partial charge in [-0.1, -0.05) is 48.0 Å². The molecule has 0 aliphatic carbocycles. The molecule has 2 nitrogen and oxygen atoms in total. The minimum absolute atomic E-state index is 0.732. The quantitative estimate of drug-likeness (QED) is 0.242. The van der Waals surface area contributed by atoms with E-state index in [1.54, 1.807) is 0 Å². The van der Waals surface area contributed by atoms with Gasteiger partial charge in [0.15, 0.2) is 0 Å². The van der Waals surface area contributed by atoms with Gasteiger partial charge in [0.25, 0.3) is 0 Å². The molecule has 0 saturated heterocycles. The molecule has 0 spiro atoms. The summed E-state index contributed by atoms with van der Waals surface area (Å²) in [6.45, 7) is 0. The zero-order valence-corrected chi connectivity index (χ0v) is 17.3. The molecule has 126 valence electrons. The molecule has 4 aromatic carbocycles. The van der Waals surface area contributed by atoms with E-state index in [0.717, 1.165) is 57.9 Å². The molecule has 26 heavy (non-hydrogen) atoms. The lowest BCUT2D eigenvalue weighted by atomic mass is 10.0. The number of hydrogen-bond acceptors (Lipinski definition) is 1. The highest BCUT2D eigenvalue weighted by Gasteiger charge is 2.16. The van der Waals surface area contributed by atoms with Crippen molar-refractivity contribution in [2.75, 3.05) is 0 Å².